The minimum Gasteiger partial charge on any atom is -0.490 e. The molecule has 0 bridgehead atoms. The Kier molecular flexibility index (Phi) is 6.86. The summed E-state index contributed by atoms with van der Waals surface area (Å²) in [5, 5.41) is 19.7. The molecule has 0 saturated carbocycles. The monoisotopic (exact) mass is 518 g/mol. The van der Waals surface area contributed by atoms with Crippen molar-refractivity contribution >= 4 is 11.9 Å². The van der Waals surface area contributed by atoms with Gasteiger partial charge in [-0.3, -0.25) is 0 Å². The molecule has 8 nitrogen and oxygen atoms in total. The summed E-state index contributed by atoms with van der Waals surface area (Å²) >= 11 is 0. The van der Waals surface area contributed by atoms with Gasteiger partial charge in [-0.05, 0) is 73.2 Å². The molecule has 0 aliphatic carbocycles. The molecule has 3 aromatic carbocycles. The van der Waals surface area contributed by atoms with E-state index >= 15 is 0 Å². The van der Waals surface area contributed by atoms with Crippen molar-refractivity contribution in [3.05, 3.63) is 69.8 Å². The van der Waals surface area contributed by atoms with Crippen molar-refractivity contribution in [1.29, 1.82) is 0 Å². The number of rotatable bonds is 10. The Bertz CT molecular complexity index is 1310. The Balaban J connectivity index is 1.58. The van der Waals surface area contributed by atoms with Crippen molar-refractivity contribution in [1.82, 2.24) is 0 Å². The summed E-state index contributed by atoms with van der Waals surface area (Å²) in [6.07, 6.45) is 0.106. The highest BCUT2D eigenvalue weighted by atomic mass is 16.6. The maximum Gasteiger partial charge on any atom is 0.336 e. The van der Waals surface area contributed by atoms with Gasteiger partial charge in [0.15, 0.2) is 0 Å². The molecule has 198 valence electrons. The van der Waals surface area contributed by atoms with E-state index in [0.717, 1.165) is 11.1 Å². The van der Waals surface area contributed by atoms with Crippen LogP contribution in [0.4, 0.5) is 0 Å². The number of benzene rings is 3. The molecule has 2 N–H and O–H groups in total. The van der Waals surface area contributed by atoms with Crippen LogP contribution >= 0.6 is 0 Å². The molecule has 0 spiro atoms. The maximum atomic E-state index is 12.0. The average Bonchev–Trinajstić information content (AvgIpc) is 3.76. The minimum atomic E-state index is -0.993. The van der Waals surface area contributed by atoms with Gasteiger partial charge in [-0.25, -0.2) is 9.59 Å². The van der Waals surface area contributed by atoms with Crippen LogP contribution in [0.1, 0.15) is 43.0 Å². The van der Waals surface area contributed by atoms with Gasteiger partial charge in [-0.1, -0.05) is 24.3 Å². The van der Waals surface area contributed by atoms with E-state index < -0.39 is 11.9 Å². The number of carboxylic acid groups (broad SMARTS) is 2. The van der Waals surface area contributed by atoms with Crippen LogP contribution in [0.25, 0.3) is 22.3 Å². The molecule has 2 heterocycles. The molecule has 8 heteroatoms. The van der Waals surface area contributed by atoms with Crippen molar-refractivity contribution in [2.75, 3.05) is 26.4 Å². The number of aryl methyl sites for hydroxylation is 2. The molecule has 0 radical (unpaired) electrons. The molecule has 2 saturated heterocycles. The summed E-state index contributed by atoms with van der Waals surface area (Å²) in [6, 6.07) is 11.1. The summed E-state index contributed by atoms with van der Waals surface area (Å²) in [7, 11) is 0. The van der Waals surface area contributed by atoms with Crippen LogP contribution in [0.5, 0.6) is 11.5 Å². The summed E-state index contributed by atoms with van der Waals surface area (Å²) in [5.41, 5.74) is 5.96. The molecule has 0 amide bonds. The summed E-state index contributed by atoms with van der Waals surface area (Å²) in [6.45, 7) is 9.19. The largest absolute Gasteiger partial charge is 0.490 e. The Morgan fingerprint density at radius 3 is 1.37 bits per heavy atom. The van der Waals surface area contributed by atoms with Crippen molar-refractivity contribution in [2.24, 2.45) is 0 Å². The van der Waals surface area contributed by atoms with Gasteiger partial charge in [-0.2, -0.15) is 0 Å². The fraction of sp³-hybridized carbons (Fsp3) is 0.333. The van der Waals surface area contributed by atoms with Crippen LogP contribution in [0.15, 0.2) is 36.4 Å². The molecule has 2 unspecified atom stereocenters. The number of carbonyl (C=O) groups is 2. The van der Waals surface area contributed by atoms with Crippen LogP contribution in [0.2, 0.25) is 0 Å². The highest BCUT2D eigenvalue weighted by Gasteiger charge is 2.27. The number of aromatic carboxylic acids is 2. The fourth-order valence-corrected chi connectivity index (χ4v) is 4.99. The molecule has 38 heavy (non-hydrogen) atoms. The van der Waals surface area contributed by atoms with Gasteiger partial charge < -0.3 is 29.2 Å². The van der Waals surface area contributed by atoms with E-state index in [9.17, 15) is 19.8 Å². The molecule has 2 aliphatic rings. The lowest BCUT2D eigenvalue weighted by molar-refractivity contribution is 0.0684. The van der Waals surface area contributed by atoms with E-state index in [4.69, 9.17) is 18.9 Å². The number of hydrogen-bond donors (Lipinski definition) is 2. The zero-order chi connectivity index (χ0) is 27.1. The van der Waals surface area contributed by atoms with Crippen LogP contribution in [-0.4, -0.2) is 60.8 Å². The van der Waals surface area contributed by atoms with E-state index in [1.807, 2.05) is 24.3 Å². The number of epoxide rings is 2. The van der Waals surface area contributed by atoms with Crippen molar-refractivity contribution < 1.29 is 38.7 Å². The molecule has 5 rings (SSSR count). The summed E-state index contributed by atoms with van der Waals surface area (Å²) in [5.74, 6) is -0.788. The standard InChI is InChI=1S/C30H30O8/c1-15-9-23(37-13-21-11-35-21)27(17(3)25(15)29(31)32)19-5-7-20(8-6-19)28-18(4)26(30(33)34)16(2)10-24(28)38-14-22-12-36-22/h5-10,21-22H,11-14H2,1-4H3,(H,31,32)(H,33,34). The molecule has 2 atom stereocenters. The normalized spacial score (nSPS) is 17.7. The third-order valence-corrected chi connectivity index (χ3v) is 7.02. The Hall–Kier alpha value is -3.88. The summed E-state index contributed by atoms with van der Waals surface area (Å²) < 4.78 is 22.7. The lowest BCUT2D eigenvalue weighted by atomic mass is 9.89. The second-order valence-corrected chi connectivity index (χ2v) is 9.85. The first-order chi connectivity index (χ1) is 18.2. The van der Waals surface area contributed by atoms with E-state index in [1.165, 1.54) is 0 Å². The van der Waals surface area contributed by atoms with Gasteiger partial charge in [0.2, 0.25) is 0 Å². The lowest BCUT2D eigenvalue weighted by Gasteiger charge is -2.20. The van der Waals surface area contributed by atoms with Gasteiger partial charge in [0.25, 0.3) is 0 Å². The van der Waals surface area contributed by atoms with Gasteiger partial charge >= 0.3 is 11.9 Å². The SMILES string of the molecule is Cc1cc(OCC2CO2)c(-c2ccc(-c3c(OCC4CO4)cc(C)c(C(=O)O)c3C)cc2)c(C)c1C(=O)O. The number of ether oxygens (including phenoxy) is 4. The predicted molar refractivity (Wildman–Crippen MR) is 141 cm³/mol. The molecule has 2 fully saturated rings. The van der Waals surface area contributed by atoms with E-state index in [-0.39, 0.29) is 23.3 Å². The molecule has 2 aliphatic heterocycles. The second-order valence-electron chi connectivity index (χ2n) is 9.85. The van der Waals surface area contributed by atoms with Gasteiger partial charge in [0, 0.05) is 11.1 Å². The highest BCUT2D eigenvalue weighted by Crippen LogP contribution is 2.41. The number of carboxylic acids is 2. The maximum absolute atomic E-state index is 12.0. The molecular formula is C30H30O8. The lowest BCUT2D eigenvalue weighted by Crippen LogP contribution is -2.10. The number of hydrogen-bond acceptors (Lipinski definition) is 6. The van der Waals surface area contributed by atoms with E-state index in [1.54, 1.807) is 39.8 Å². The zero-order valence-electron chi connectivity index (χ0n) is 21.8. The van der Waals surface area contributed by atoms with Crippen LogP contribution in [-0.2, 0) is 9.47 Å². The van der Waals surface area contributed by atoms with Crippen LogP contribution in [0.3, 0.4) is 0 Å². The Labute approximate surface area is 220 Å². The zero-order valence-corrected chi connectivity index (χ0v) is 21.8. The van der Waals surface area contributed by atoms with Crippen molar-refractivity contribution in [2.45, 2.75) is 39.9 Å². The predicted octanol–water partition coefficient (Wildman–Crippen LogP) is 5.21. The van der Waals surface area contributed by atoms with Crippen molar-refractivity contribution in [3.63, 3.8) is 0 Å². The fourth-order valence-electron chi connectivity index (χ4n) is 4.99. The Morgan fingerprint density at radius 1 is 0.737 bits per heavy atom. The Morgan fingerprint density at radius 2 is 1.08 bits per heavy atom. The second kappa shape index (κ2) is 10.1. The van der Waals surface area contributed by atoms with Gasteiger partial charge in [-0.15, -0.1) is 0 Å². The first-order valence-electron chi connectivity index (χ1n) is 12.5. The average molecular weight is 519 g/mol. The van der Waals surface area contributed by atoms with Crippen molar-refractivity contribution in [3.8, 4) is 33.8 Å². The molecule has 3 aromatic rings. The quantitative estimate of drug-likeness (QED) is 0.352. The van der Waals surface area contributed by atoms with Gasteiger partial charge in [0.05, 0.1) is 24.3 Å². The van der Waals surface area contributed by atoms with E-state index in [0.29, 0.717) is 71.3 Å². The third kappa shape index (κ3) is 5.10. The molecule has 0 aromatic heterocycles. The van der Waals surface area contributed by atoms with Crippen LogP contribution in [0, 0.1) is 27.7 Å². The molecular weight excluding hydrogens is 488 g/mol. The van der Waals surface area contributed by atoms with Gasteiger partial charge in [0.1, 0.15) is 36.9 Å². The van der Waals surface area contributed by atoms with Crippen LogP contribution < -0.4 is 9.47 Å². The first-order valence-corrected chi connectivity index (χ1v) is 12.5. The highest BCUT2D eigenvalue weighted by molar-refractivity contribution is 5.96. The smallest absolute Gasteiger partial charge is 0.336 e. The summed E-state index contributed by atoms with van der Waals surface area (Å²) in [4.78, 5) is 24.0. The third-order valence-electron chi connectivity index (χ3n) is 7.02. The topological polar surface area (TPSA) is 118 Å². The first kappa shape index (κ1) is 25.8. The minimum absolute atomic E-state index is 0.0531. The van der Waals surface area contributed by atoms with E-state index in [2.05, 4.69) is 0 Å².